The Bertz CT molecular complexity index is 132. The molecule has 66 valence electrons. The van der Waals surface area contributed by atoms with Crippen molar-refractivity contribution in [3.05, 3.63) is 0 Å². The monoisotopic (exact) mass is 175 g/mol. The van der Waals surface area contributed by atoms with Gasteiger partial charge in [0, 0.05) is 0 Å². The van der Waals surface area contributed by atoms with Gasteiger partial charge in [-0.2, -0.15) is 0 Å². The summed E-state index contributed by atoms with van der Waals surface area (Å²) >= 11 is 0. The number of nitrogens with two attached hydrogens (primary N) is 1. The van der Waals surface area contributed by atoms with Crippen LogP contribution in [-0.2, 0) is 0 Å². The van der Waals surface area contributed by atoms with Crippen LogP contribution < -0.4 is 5.73 Å². The summed E-state index contributed by atoms with van der Waals surface area (Å²) in [5.41, 5.74) is 6.47. The first-order valence-corrected chi connectivity index (χ1v) is 4.55. The second-order valence-corrected chi connectivity index (χ2v) is 4.20. The molecule has 2 rings (SSSR count). The van der Waals surface area contributed by atoms with Crippen LogP contribution in [0.15, 0.2) is 0 Å². The average molecular weight is 176 g/mol. The quantitative estimate of drug-likeness (QED) is 0.651. The van der Waals surface area contributed by atoms with Gasteiger partial charge in [-0.1, -0.05) is 6.42 Å². The van der Waals surface area contributed by atoms with E-state index < -0.39 is 0 Å². The molecule has 2 fully saturated rings. The highest BCUT2D eigenvalue weighted by atomic mass is 35.5. The number of hydrogen-bond acceptors (Lipinski definition) is 1. The summed E-state index contributed by atoms with van der Waals surface area (Å²) in [5.74, 6) is 0.872. The largest absolute Gasteiger partial charge is 0.330 e. The van der Waals surface area contributed by atoms with Gasteiger partial charge in [0.2, 0.25) is 0 Å². The molecule has 1 nitrogen and oxygen atoms in total. The van der Waals surface area contributed by atoms with Crippen LogP contribution in [0.3, 0.4) is 0 Å². The zero-order valence-electron chi connectivity index (χ0n) is 7.01. The first-order chi connectivity index (χ1) is 4.85. The Morgan fingerprint density at radius 2 is 2.00 bits per heavy atom. The first kappa shape index (κ1) is 9.34. The minimum absolute atomic E-state index is 0. The lowest BCUT2D eigenvalue weighted by Gasteiger charge is -2.27. The fourth-order valence-corrected chi connectivity index (χ4v) is 2.41. The molecule has 0 heterocycles. The van der Waals surface area contributed by atoms with E-state index in [2.05, 4.69) is 0 Å². The number of hydrogen-bond donors (Lipinski definition) is 1. The maximum atomic E-state index is 5.65. The Kier molecular flexibility index (Phi) is 2.82. The van der Waals surface area contributed by atoms with Crippen LogP contribution in [0.2, 0.25) is 0 Å². The molecule has 0 aromatic heterocycles. The Labute approximate surface area is 75.1 Å². The molecule has 1 atom stereocenters. The van der Waals surface area contributed by atoms with Crippen molar-refractivity contribution in [3.8, 4) is 0 Å². The van der Waals surface area contributed by atoms with Gasteiger partial charge in [-0.25, -0.2) is 0 Å². The highest BCUT2D eigenvalue weighted by Gasteiger charge is 2.45. The molecule has 0 amide bonds. The average Bonchev–Trinajstić information content (AvgIpc) is 2.70. The van der Waals surface area contributed by atoms with Crippen molar-refractivity contribution in [2.24, 2.45) is 17.1 Å². The third kappa shape index (κ3) is 1.88. The van der Waals surface area contributed by atoms with Crippen LogP contribution in [0.1, 0.15) is 38.5 Å². The Hall–Kier alpha value is 0.250. The summed E-state index contributed by atoms with van der Waals surface area (Å²) in [6.45, 7) is 0.932. The summed E-state index contributed by atoms with van der Waals surface area (Å²) in [7, 11) is 0. The smallest absolute Gasteiger partial charge is 0.00487 e. The molecule has 0 bridgehead atoms. The molecule has 0 aliphatic heterocycles. The molecule has 2 heteroatoms. The highest BCUT2D eigenvalue weighted by molar-refractivity contribution is 5.85. The molecule has 2 aliphatic rings. The van der Waals surface area contributed by atoms with Crippen molar-refractivity contribution < 1.29 is 0 Å². The lowest BCUT2D eigenvalue weighted by Crippen LogP contribution is -2.23. The SMILES string of the molecule is Cl.NCC1CCCC2(CC2)C1. The molecule has 0 aromatic rings. The highest BCUT2D eigenvalue weighted by Crippen LogP contribution is 2.57. The molecular weight excluding hydrogens is 158 g/mol. The van der Waals surface area contributed by atoms with Crippen LogP contribution >= 0.6 is 12.4 Å². The standard InChI is InChI=1S/C9H17N.ClH/c10-7-8-2-1-3-9(6-8)4-5-9;/h8H,1-7,10H2;1H. The fourth-order valence-electron chi connectivity index (χ4n) is 2.41. The van der Waals surface area contributed by atoms with Crippen molar-refractivity contribution in [1.29, 1.82) is 0 Å². The molecular formula is C9H18ClN. The molecule has 0 radical (unpaired) electrons. The Morgan fingerprint density at radius 3 is 2.55 bits per heavy atom. The van der Waals surface area contributed by atoms with Crippen LogP contribution in [0, 0.1) is 11.3 Å². The van der Waals surface area contributed by atoms with Crippen LogP contribution in [0.25, 0.3) is 0 Å². The molecule has 0 aromatic carbocycles. The van der Waals surface area contributed by atoms with Gasteiger partial charge in [0.05, 0.1) is 0 Å². The number of halogens is 1. The maximum Gasteiger partial charge on any atom is -0.00487 e. The van der Waals surface area contributed by atoms with E-state index in [1.165, 1.54) is 38.5 Å². The number of rotatable bonds is 1. The second kappa shape index (κ2) is 3.32. The molecule has 2 saturated carbocycles. The molecule has 2 N–H and O–H groups in total. The van der Waals surface area contributed by atoms with Crippen LogP contribution in [0.5, 0.6) is 0 Å². The zero-order chi connectivity index (χ0) is 7.03. The van der Waals surface area contributed by atoms with Crippen molar-refractivity contribution in [2.45, 2.75) is 38.5 Å². The van der Waals surface area contributed by atoms with Gasteiger partial charge in [-0.15, -0.1) is 12.4 Å². The van der Waals surface area contributed by atoms with Gasteiger partial charge < -0.3 is 5.73 Å². The minimum atomic E-state index is 0. The van der Waals surface area contributed by atoms with Gasteiger partial charge in [0.15, 0.2) is 0 Å². The van der Waals surface area contributed by atoms with E-state index in [0.29, 0.717) is 0 Å². The predicted molar refractivity (Wildman–Crippen MR) is 49.9 cm³/mol. The fraction of sp³-hybridized carbons (Fsp3) is 1.00. The molecule has 1 unspecified atom stereocenters. The second-order valence-electron chi connectivity index (χ2n) is 4.20. The van der Waals surface area contributed by atoms with Crippen molar-refractivity contribution in [3.63, 3.8) is 0 Å². The summed E-state index contributed by atoms with van der Waals surface area (Å²) in [5, 5.41) is 0. The van der Waals surface area contributed by atoms with Crippen molar-refractivity contribution in [2.75, 3.05) is 6.54 Å². The summed E-state index contributed by atoms with van der Waals surface area (Å²) in [6.07, 6.45) is 8.81. The van der Waals surface area contributed by atoms with Crippen LogP contribution in [0.4, 0.5) is 0 Å². The van der Waals surface area contributed by atoms with Gasteiger partial charge in [0.25, 0.3) is 0 Å². The molecule has 11 heavy (non-hydrogen) atoms. The summed E-state index contributed by atoms with van der Waals surface area (Å²) < 4.78 is 0. The van der Waals surface area contributed by atoms with E-state index in [1.54, 1.807) is 0 Å². The zero-order valence-corrected chi connectivity index (χ0v) is 7.83. The summed E-state index contributed by atoms with van der Waals surface area (Å²) in [4.78, 5) is 0. The third-order valence-electron chi connectivity index (χ3n) is 3.33. The lowest BCUT2D eigenvalue weighted by molar-refractivity contribution is 0.253. The van der Waals surface area contributed by atoms with E-state index in [1.807, 2.05) is 0 Å². The predicted octanol–water partition coefficient (Wildman–Crippen LogP) is 2.34. The third-order valence-corrected chi connectivity index (χ3v) is 3.33. The minimum Gasteiger partial charge on any atom is -0.330 e. The van der Waals surface area contributed by atoms with Crippen molar-refractivity contribution in [1.82, 2.24) is 0 Å². The Morgan fingerprint density at radius 1 is 1.27 bits per heavy atom. The van der Waals surface area contributed by atoms with E-state index >= 15 is 0 Å². The lowest BCUT2D eigenvalue weighted by atomic mass is 9.79. The normalized spacial score (nSPS) is 33.0. The van der Waals surface area contributed by atoms with Gasteiger partial charge >= 0.3 is 0 Å². The van der Waals surface area contributed by atoms with Crippen LogP contribution in [-0.4, -0.2) is 6.54 Å². The van der Waals surface area contributed by atoms with Gasteiger partial charge in [-0.3, -0.25) is 0 Å². The van der Waals surface area contributed by atoms with E-state index in [4.69, 9.17) is 5.73 Å². The van der Waals surface area contributed by atoms with E-state index in [0.717, 1.165) is 17.9 Å². The topological polar surface area (TPSA) is 26.0 Å². The summed E-state index contributed by atoms with van der Waals surface area (Å²) in [6, 6.07) is 0. The molecule has 2 aliphatic carbocycles. The van der Waals surface area contributed by atoms with E-state index in [-0.39, 0.29) is 12.4 Å². The van der Waals surface area contributed by atoms with E-state index in [9.17, 15) is 0 Å². The Balaban J connectivity index is 0.000000605. The van der Waals surface area contributed by atoms with Gasteiger partial charge in [-0.05, 0) is 50.0 Å². The van der Waals surface area contributed by atoms with Crippen molar-refractivity contribution >= 4 is 12.4 Å². The molecule has 1 spiro atoms. The molecule has 0 saturated heterocycles. The first-order valence-electron chi connectivity index (χ1n) is 4.55. The van der Waals surface area contributed by atoms with Gasteiger partial charge in [0.1, 0.15) is 0 Å². The maximum absolute atomic E-state index is 5.65.